The van der Waals surface area contributed by atoms with Crippen molar-refractivity contribution in [3.05, 3.63) is 84.2 Å². The Morgan fingerprint density at radius 1 is 1.12 bits per heavy atom. The van der Waals surface area contributed by atoms with Crippen molar-refractivity contribution in [1.29, 1.82) is 0 Å². The summed E-state index contributed by atoms with van der Waals surface area (Å²) in [5.41, 5.74) is 4.41. The number of aromatic nitrogens is 1. The quantitative estimate of drug-likeness (QED) is 0.397. The Kier molecular flexibility index (Phi) is 7.56. The fraction of sp³-hybridized carbons (Fsp3) is 0.174. The Bertz CT molecular complexity index is 1160. The van der Waals surface area contributed by atoms with Crippen LogP contribution in [0, 0.1) is 6.92 Å². The van der Waals surface area contributed by atoms with E-state index in [9.17, 15) is 13.2 Å². The largest absolute Gasteiger partial charge is 0.494 e. The summed E-state index contributed by atoms with van der Waals surface area (Å²) in [6.45, 7) is 3.78. The van der Waals surface area contributed by atoms with Crippen LogP contribution in [0.3, 0.4) is 0 Å². The highest BCUT2D eigenvalue weighted by atomic mass is 32.2. The number of benzene rings is 2. The molecular weight excluding hydrogens is 428 g/mol. The summed E-state index contributed by atoms with van der Waals surface area (Å²) >= 11 is 0. The van der Waals surface area contributed by atoms with Gasteiger partial charge in [0.1, 0.15) is 12.3 Å². The Balaban J connectivity index is 1.84. The van der Waals surface area contributed by atoms with Gasteiger partial charge in [-0.25, -0.2) is 13.8 Å². The average molecular weight is 453 g/mol. The Morgan fingerprint density at radius 2 is 1.84 bits per heavy atom. The number of nitrogens with one attached hydrogen (secondary N) is 1. The SMILES string of the molecule is CCOc1ccc(S(=O)(=O)N(CC(=O)N/N=C\c2cccnc2)c2ccc(C)cc2)cc1. The highest BCUT2D eigenvalue weighted by Crippen LogP contribution is 2.25. The molecule has 3 aromatic rings. The zero-order chi connectivity index (χ0) is 23.0. The van der Waals surface area contributed by atoms with Crippen LogP contribution in [0.2, 0.25) is 0 Å². The highest BCUT2D eigenvalue weighted by Gasteiger charge is 2.27. The molecule has 2 aromatic carbocycles. The number of carbonyl (C=O) groups is 1. The first-order valence-electron chi connectivity index (χ1n) is 9.94. The number of carbonyl (C=O) groups excluding carboxylic acids is 1. The molecule has 0 saturated heterocycles. The van der Waals surface area contributed by atoms with Crippen LogP contribution in [-0.4, -0.2) is 38.7 Å². The molecule has 1 aromatic heterocycles. The van der Waals surface area contributed by atoms with E-state index in [1.54, 1.807) is 60.9 Å². The van der Waals surface area contributed by atoms with E-state index in [0.717, 1.165) is 9.87 Å². The molecular formula is C23H24N4O4S. The van der Waals surface area contributed by atoms with E-state index in [1.807, 2.05) is 13.8 Å². The van der Waals surface area contributed by atoms with Gasteiger partial charge < -0.3 is 4.74 Å². The third-order valence-electron chi connectivity index (χ3n) is 4.42. The van der Waals surface area contributed by atoms with Gasteiger partial charge in [-0.1, -0.05) is 23.8 Å². The van der Waals surface area contributed by atoms with E-state index < -0.39 is 22.5 Å². The van der Waals surface area contributed by atoms with E-state index in [4.69, 9.17) is 4.74 Å². The molecule has 0 atom stereocenters. The first-order valence-corrected chi connectivity index (χ1v) is 11.4. The fourth-order valence-electron chi connectivity index (χ4n) is 2.82. The van der Waals surface area contributed by atoms with Crippen molar-refractivity contribution >= 4 is 27.8 Å². The minimum absolute atomic E-state index is 0.0492. The molecule has 0 fully saturated rings. The number of hydrazone groups is 1. The first kappa shape index (κ1) is 23.0. The number of ether oxygens (including phenoxy) is 1. The Morgan fingerprint density at radius 3 is 2.47 bits per heavy atom. The molecule has 0 bridgehead atoms. The number of nitrogens with zero attached hydrogens (tertiary/aromatic N) is 3. The van der Waals surface area contributed by atoms with Crippen LogP contribution < -0.4 is 14.5 Å². The smallest absolute Gasteiger partial charge is 0.264 e. The molecule has 3 rings (SSSR count). The van der Waals surface area contributed by atoms with Crippen molar-refractivity contribution in [3.63, 3.8) is 0 Å². The van der Waals surface area contributed by atoms with Gasteiger partial charge in [0.2, 0.25) is 0 Å². The molecule has 0 radical (unpaired) electrons. The lowest BCUT2D eigenvalue weighted by Crippen LogP contribution is -2.39. The van der Waals surface area contributed by atoms with Crippen LogP contribution in [0.4, 0.5) is 5.69 Å². The molecule has 0 aliphatic heterocycles. The molecule has 0 spiro atoms. The van der Waals surface area contributed by atoms with Gasteiger partial charge >= 0.3 is 0 Å². The van der Waals surface area contributed by atoms with Crippen molar-refractivity contribution in [1.82, 2.24) is 10.4 Å². The van der Waals surface area contributed by atoms with E-state index in [-0.39, 0.29) is 4.90 Å². The maximum atomic E-state index is 13.4. The zero-order valence-electron chi connectivity index (χ0n) is 17.8. The second-order valence-corrected chi connectivity index (χ2v) is 8.69. The van der Waals surface area contributed by atoms with Crippen LogP contribution in [-0.2, 0) is 14.8 Å². The number of anilines is 1. The van der Waals surface area contributed by atoms with Crippen LogP contribution >= 0.6 is 0 Å². The minimum atomic E-state index is -4.02. The molecule has 0 aliphatic rings. The van der Waals surface area contributed by atoms with Gasteiger partial charge in [0.15, 0.2) is 0 Å². The van der Waals surface area contributed by atoms with Gasteiger partial charge in [-0.05, 0) is 56.3 Å². The predicted molar refractivity (Wildman–Crippen MR) is 123 cm³/mol. The molecule has 9 heteroatoms. The monoisotopic (exact) mass is 452 g/mol. The lowest BCUT2D eigenvalue weighted by Gasteiger charge is -2.24. The number of hydrogen-bond donors (Lipinski definition) is 1. The third-order valence-corrected chi connectivity index (χ3v) is 6.21. The second-order valence-electron chi connectivity index (χ2n) is 6.83. The average Bonchev–Trinajstić information content (AvgIpc) is 2.79. The molecule has 0 saturated carbocycles. The van der Waals surface area contributed by atoms with Crippen LogP contribution in [0.1, 0.15) is 18.1 Å². The molecule has 0 aliphatic carbocycles. The van der Waals surface area contributed by atoms with Crippen molar-refractivity contribution < 1.29 is 17.9 Å². The van der Waals surface area contributed by atoms with Crippen molar-refractivity contribution in [2.45, 2.75) is 18.7 Å². The number of rotatable bonds is 9. The number of aryl methyl sites for hydroxylation is 1. The van der Waals surface area contributed by atoms with Gasteiger partial charge in [-0.15, -0.1) is 0 Å². The minimum Gasteiger partial charge on any atom is -0.494 e. The number of pyridine rings is 1. The molecule has 1 heterocycles. The van der Waals surface area contributed by atoms with Gasteiger partial charge in [0.25, 0.3) is 15.9 Å². The highest BCUT2D eigenvalue weighted by molar-refractivity contribution is 7.92. The van der Waals surface area contributed by atoms with Crippen LogP contribution in [0.5, 0.6) is 5.75 Å². The Labute approximate surface area is 187 Å². The van der Waals surface area contributed by atoms with Crippen molar-refractivity contribution in [2.75, 3.05) is 17.5 Å². The molecule has 166 valence electrons. The molecule has 8 nitrogen and oxygen atoms in total. The molecule has 0 unspecified atom stereocenters. The number of amides is 1. The van der Waals surface area contributed by atoms with Crippen molar-refractivity contribution in [2.24, 2.45) is 5.10 Å². The fourth-order valence-corrected chi connectivity index (χ4v) is 4.25. The third kappa shape index (κ3) is 5.92. The molecule has 1 N–H and O–H groups in total. The topological polar surface area (TPSA) is 101 Å². The normalized spacial score (nSPS) is 11.3. The number of sulfonamides is 1. The van der Waals surface area contributed by atoms with Gasteiger partial charge in [0, 0.05) is 18.0 Å². The van der Waals surface area contributed by atoms with E-state index in [1.165, 1.54) is 18.3 Å². The first-order chi connectivity index (χ1) is 15.4. The van der Waals surface area contributed by atoms with Gasteiger partial charge in [-0.3, -0.25) is 14.1 Å². The zero-order valence-corrected chi connectivity index (χ0v) is 18.6. The summed E-state index contributed by atoms with van der Waals surface area (Å²) in [6, 6.07) is 16.5. The van der Waals surface area contributed by atoms with Crippen molar-refractivity contribution in [3.8, 4) is 5.75 Å². The lowest BCUT2D eigenvalue weighted by atomic mass is 10.2. The maximum absolute atomic E-state index is 13.4. The van der Waals surface area contributed by atoms with E-state index in [2.05, 4.69) is 15.5 Å². The van der Waals surface area contributed by atoms with Crippen LogP contribution in [0.25, 0.3) is 0 Å². The van der Waals surface area contributed by atoms with Gasteiger partial charge in [0.05, 0.1) is 23.4 Å². The maximum Gasteiger partial charge on any atom is 0.264 e. The summed E-state index contributed by atoms with van der Waals surface area (Å²) in [6.07, 6.45) is 4.65. The summed E-state index contributed by atoms with van der Waals surface area (Å²) in [5.74, 6) is -0.0176. The molecule has 1 amide bonds. The molecule has 32 heavy (non-hydrogen) atoms. The lowest BCUT2D eigenvalue weighted by molar-refractivity contribution is -0.119. The van der Waals surface area contributed by atoms with Crippen LogP contribution in [0.15, 0.2) is 83.1 Å². The second kappa shape index (κ2) is 10.5. The summed E-state index contributed by atoms with van der Waals surface area (Å²) in [7, 11) is -4.02. The predicted octanol–water partition coefficient (Wildman–Crippen LogP) is 3.13. The summed E-state index contributed by atoms with van der Waals surface area (Å²) in [5, 5.41) is 3.89. The van der Waals surface area contributed by atoms with Gasteiger partial charge in [-0.2, -0.15) is 5.10 Å². The number of hydrogen-bond acceptors (Lipinski definition) is 6. The Hall–Kier alpha value is -3.72. The summed E-state index contributed by atoms with van der Waals surface area (Å²) < 4.78 is 33.2. The van der Waals surface area contributed by atoms with E-state index >= 15 is 0 Å². The standard InChI is InChI=1S/C23H24N4O4S/c1-3-31-21-10-12-22(13-11-21)32(29,30)27(20-8-6-18(2)7-9-20)17-23(28)26-25-16-19-5-4-14-24-15-19/h4-16H,3,17H2,1-2H3,(H,26,28)/b25-16-. The summed E-state index contributed by atoms with van der Waals surface area (Å²) in [4.78, 5) is 16.5. The van der Waals surface area contributed by atoms with E-state index in [0.29, 0.717) is 23.6 Å².